The van der Waals surface area contributed by atoms with Crippen LogP contribution in [-0.4, -0.2) is 13.0 Å². The number of ether oxygens (including phenoxy) is 1. The monoisotopic (exact) mass is 386 g/mol. The number of rotatable bonds is 9. The number of unbranched alkanes of at least 4 members (excludes halogenated alkanes) is 4. The SMILES string of the molecule is CCCCCCCc1cccc(Oc2ccc([O-])cc2S(=O)(=O)O)c1.[Na+]. The third-order valence-corrected chi connectivity index (χ3v) is 4.76. The first-order valence-electron chi connectivity index (χ1n) is 8.45. The number of hydrogen-bond acceptors (Lipinski definition) is 4. The molecule has 0 spiro atoms. The Labute approximate surface area is 177 Å². The minimum Gasteiger partial charge on any atom is -0.872 e. The first kappa shape index (κ1) is 23.0. The average molecular weight is 386 g/mol. The van der Waals surface area contributed by atoms with Crippen LogP contribution in [0.1, 0.15) is 44.6 Å². The van der Waals surface area contributed by atoms with Crippen molar-refractivity contribution >= 4 is 10.1 Å². The molecule has 0 saturated heterocycles. The molecular formula is C19H23NaO5S. The molecular weight excluding hydrogens is 363 g/mol. The molecule has 0 saturated carbocycles. The smallest absolute Gasteiger partial charge is 0.872 e. The summed E-state index contributed by atoms with van der Waals surface area (Å²) in [5.41, 5.74) is 1.10. The Morgan fingerprint density at radius 2 is 1.77 bits per heavy atom. The second-order valence-corrected chi connectivity index (χ2v) is 7.39. The van der Waals surface area contributed by atoms with Crippen molar-refractivity contribution in [3.05, 3.63) is 48.0 Å². The van der Waals surface area contributed by atoms with Gasteiger partial charge in [-0.2, -0.15) is 8.42 Å². The molecule has 0 aliphatic heterocycles. The van der Waals surface area contributed by atoms with Crippen LogP contribution in [-0.2, 0) is 16.5 Å². The van der Waals surface area contributed by atoms with E-state index in [1.54, 1.807) is 6.07 Å². The van der Waals surface area contributed by atoms with Crippen molar-refractivity contribution in [2.45, 2.75) is 50.3 Å². The number of hydrogen-bond donors (Lipinski definition) is 1. The van der Waals surface area contributed by atoms with Crippen LogP contribution in [0.15, 0.2) is 47.4 Å². The molecule has 0 unspecified atom stereocenters. The maximum absolute atomic E-state index is 11.4. The van der Waals surface area contributed by atoms with Crippen LogP contribution in [0.3, 0.4) is 0 Å². The van der Waals surface area contributed by atoms with Gasteiger partial charge in [0.2, 0.25) is 0 Å². The van der Waals surface area contributed by atoms with Gasteiger partial charge in [-0.1, -0.05) is 50.8 Å². The zero-order valence-corrected chi connectivity index (χ0v) is 18.1. The molecule has 0 heterocycles. The van der Waals surface area contributed by atoms with Crippen molar-refractivity contribution in [2.75, 3.05) is 0 Å². The molecule has 0 aliphatic carbocycles. The zero-order valence-electron chi connectivity index (χ0n) is 15.3. The molecule has 0 fully saturated rings. The quantitative estimate of drug-likeness (QED) is 0.399. The van der Waals surface area contributed by atoms with Crippen LogP contribution in [0, 0.1) is 0 Å². The third kappa shape index (κ3) is 7.29. The van der Waals surface area contributed by atoms with E-state index in [9.17, 15) is 18.1 Å². The topological polar surface area (TPSA) is 86.7 Å². The second-order valence-electron chi connectivity index (χ2n) is 6.00. The first-order chi connectivity index (χ1) is 11.9. The van der Waals surface area contributed by atoms with Crippen molar-refractivity contribution in [1.29, 1.82) is 0 Å². The summed E-state index contributed by atoms with van der Waals surface area (Å²) in [7, 11) is -4.53. The molecule has 0 bridgehead atoms. The minimum absolute atomic E-state index is 0. The Morgan fingerprint density at radius 3 is 2.46 bits per heavy atom. The van der Waals surface area contributed by atoms with E-state index in [1.807, 2.05) is 18.2 Å². The zero-order chi connectivity index (χ0) is 18.3. The molecule has 0 radical (unpaired) electrons. The molecule has 2 rings (SSSR count). The van der Waals surface area contributed by atoms with E-state index in [2.05, 4.69) is 6.92 Å². The fourth-order valence-corrected chi connectivity index (χ4v) is 3.23. The van der Waals surface area contributed by atoms with Gasteiger partial charge in [0.1, 0.15) is 16.4 Å². The summed E-state index contributed by atoms with van der Waals surface area (Å²) in [4.78, 5) is -0.523. The summed E-state index contributed by atoms with van der Waals surface area (Å²) in [5.74, 6) is -0.113. The predicted molar refractivity (Wildman–Crippen MR) is 94.7 cm³/mol. The molecule has 0 amide bonds. The molecule has 2 aromatic rings. The van der Waals surface area contributed by atoms with Crippen molar-refractivity contribution in [3.8, 4) is 17.2 Å². The van der Waals surface area contributed by atoms with Gasteiger partial charge in [0, 0.05) is 0 Å². The van der Waals surface area contributed by atoms with Gasteiger partial charge >= 0.3 is 29.6 Å². The summed E-state index contributed by atoms with van der Waals surface area (Å²) < 4.78 is 37.7. The van der Waals surface area contributed by atoms with Crippen molar-refractivity contribution in [2.24, 2.45) is 0 Å². The molecule has 0 atom stereocenters. The average Bonchev–Trinajstić information content (AvgIpc) is 2.56. The van der Waals surface area contributed by atoms with Gasteiger partial charge in [-0.3, -0.25) is 4.55 Å². The van der Waals surface area contributed by atoms with Gasteiger partial charge in [-0.15, -0.1) is 5.75 Å². The Kier molecular flexibility index (Phi) is 9.68. The van der Waals surface area contributed by atoms with Crippen molar-refractivity contribution in [3.63, 3.8) is 0 Å². The van der Waals surface area contributed by atoms with Crippen LogP contribution < -0.4 is 39.4 Å². The van der Waals surface area contributed by atoms with E-state index in [-0.39, 0.29) is 35.3 Å². The standard InChI is InChI=1S/C19H24O5S.Na/c1-2-3-4-5-6-8-15-9-7-10-17(13-15)24-18-12-11-16(20)14-19(18)25(21,22)23;/h7,9-14,20H,2-6,8H2,1H3,(H,21,22,23);/q;+1/p-1. The maximum Gasteiger partial charge on any atom is 1.00 e. The molecule has 5 nitrogen and oxygen atoms in total. The summed E-state index contributed by atoms with van der Waals surface area (Å²) in [6.45, 7) is 2.18. The van der Waals surface area contributed by atoms with E-state index < -0.39 is 20.8 Å². The Balaban J connectivity index is 0.00000338. The number of aryl methyl sites for hydroxylation is 1. The fourth-order valence-electron chi connectivity index (χ4n) is 2.60. The number of benzene rings is 2. The first-order valence-corrected chi connectivity index (χ1v) is 9.89. The summed E-state index contributed by atoms with van der Waals surface area (Å²) in [6, 6.07) is 10.7. The minimum atomic E-state index is -4.53. The van der Waals surface area contributed by atoms with Crippen LogP contribution in [0.2, 0.25) is 0 Å². The maximum atomic E-state index is 11.4. The largest absolute Gasteiger partial charge is 1.00 e. The van der Waals surface area contributed by atoms with E-state index in [0.717, 1.165) is 24.5 Å². The van der Waals surface area contributed by atoms with E-state index in [4.69, 9.17) is 4.74 Å². The summed E-state index contributed by atoms with van der Waals surface area (Å²) in [5, 5.41) is 11.4. The molecule has 0 aliphatic rings. The van der Waals surface area contributed by atoms with Gasteiger partial charge in [-0.05, 0) is 42.7 Å². The van der Waals surface area contributed by atoms with Crippen LogP contribution in [0.4, 0.5) is 0 Å². The van der Waals surface area contributed by atoms with Crippen LogP contribution >= 0.6 is 0 Å². The Bertz CT molecular complexity index is 805. The third-order valence-electron chi connectivity index (χ3n) is 3.89. The van der Waals surface area contributed by atoms with Gasteiger partial charge in [0.15, 0.2) is 0 Å². The van der Waals surface area contributed by atoms with Gasteiger partial charge < -0.3 is 9.84 Å². The van der Waals surface area contributed by atoms with E-state index in [0.29, 0.717) is 5.75 Å². The molecule has 1 N–H and O–H groups in total. The van der Waals surface area contributed by atoms with Crippen molar-refractivity contribution in [1.82, 2.24) is 0 Å². The van der Waals surface area contributed by atoms with Crippen molar-refractivity contribution < 1.29 is 52.4 Å². The second kappa shape index (κ2) is 10.9. The van der Waals surface area contributed by atoms with Gasteiger partial charge in [0.25, 0.3) is 10.1 Å². The van der Waals surface area contributed by atoms with Crippen LogP contribution in [0.5, 0.6) is 17.2 Å². The van der Waals surface area contributed by atoms with Crippen LogP contribution in [0.25, 0.3) is 0 Å². The van der Waals surface area contributed by atoms with E-state index >= 15 is 0 Å². The predicted octanol–water partition coefficient (Wildman–Crippen LogP) is 1.32. The Morgan fingerprint density at radius 1 is 1.04 bits per heavy atom. The van der Waals surface area contributed by atoms with Gasteiger partial charge in [0.05, 0.1) is 0 Å². The molecule has 0 aromatic heterocycles. The molecule has 136 valence electrons. The molecule has 7 heteroatoms. The summed E-state index contributed by atoms with van der Waals surface area (Å²) in [6.07, 6.45) is 6.87. The Hall–Kier alpha value is -1.05. The van der Waals surface area contributed by atoms with E-state index in [1.165, 1.54) is 37.8 Å². The molecule has 2 aromatic carbocycles. The normalized spacial score (nSPS) is 11.0. The fraction of sp³-hybridized carbons (Fsp3) is 0.368. The summed E-state index contributed by atoms with van der Waals surface area (Å²) >= 11 is 0. The molecule has 26 heavy (non-hydrogen) atoms. The van der Waals surface area contributed by atoms with Gasteiger partial charge in [-0.25, -0.2) is 0 Å².